The van der Waals surface area contributed by atoms with Gasteiger partial charge in [0.25, 0.3) is 5.69 Å². The number of nitrogens with one attached hydrogen (secondary N) is 1. The smallest absolute Gasteiger partial charge is 0.269 e. The number of carbonyl (C=O) groups is 1. The first-order chi connectivity index (χ1) is 12.0. The maximum atomic E-state index is 12.3. The first-order valence-corrected chi connectivity index (χ1v) is 8.23. The lowest BCUT2D eigenvalue weighted by Crippen LogP contribution is -2.27. The minimum atomic E-state index is -0.448. The lowest BCUT2D eigenvalue weighted by atomic mass is 9.97. The Morgan fingerprint density at radius 3 is 2.32 bits per heavy atom. The third kappa shape index (κ3) is 5.88. The Kier molecular flexibility index (Phi) is 6.46. The van der Waals surface area contributed by atoms with Crippen LogP contribution in [0.2, 0.25) is 0 Å². The quantitative estimate of drug-likeness (QED) is 0.458. The Labute approximate surface area is 147 Å². The van der Waals surface area contributed by atoms with Crippen LogP contribution in [0.1, 0.15) is 37.4 Å². The fourth-order valence-corrected chi connectivity index (χ4v) is 2.53. The van der Waals surface area contributed by atoms with Crippen LogP contribution in [-0.4, -0.2) is 10.8 Å². The van der Waals surface area contributed by atoms with Crippen molar-refractivity contribution in [2.75, 3.05) is 0 Å². The number of carbonyl (C=O) groups excluding carboxylic acids is 1. The summed E-state index contributed by atoms with van der Waals surface area (Å²) in [6.45, 7) is 4.24. The van der Waals surface area contributed by atoms with Gasteiger partial charge in [0.2, 0.25) is 5.91 Å². The van der Waals surface area contributed by atoms with E-state index in [1.807, 2.05) is 30.3 Å². The van der Waals surface area contributed by atoms with E-state index < -0.39 is 4.92 Å². The van der Waals surface area contributed by atoms with E-state index in [0.29, 0.717) is 5.92 Å². The molecule has 0 aliphatic heterocycles. The molecule has 5 heteroatoms. The molecule has 0 bridgehead atoms. The van der Waals surface area contributed by atoms with Crippen molar-refractivity contribution in [1.29, 1.82) is 0 Å². The number of nitro groups is 1. The van der Waals surface area contributed by atoms with Gasteiger partial charge in [-0.2, -0.15) is 0 Å². The van der Waals surface area contributed by atoms with Gasteiger partial charge in [0, 0.05) is 18.2 Å². The number of non-ortho nitro benzene ring substituents is 1. The highest BCUT2D eigenvalue weighted by molar-refractivity contribution is 5.92. The van der Waals surface area contributed by atoms with Crippen molar-refractivity contribution < 1.29 is 9.72 Å². The Hall–Kier alpha value is -2.95. The largest absolute Gasteiger partial charge is 0.346 e. The summed E-state index contributed by atoms with van der Waals surface area (Å²) in [5, 5.41) is 13.7. The van der Waals surface area contributed by atoms with Crippen molar-refractivity contribution >= 4 is 17.7 Å². The van der Waals surface area contributed by atoms with Crippen LogP contribution >= 0.6 is 0 Å². The predicted molar refractivity (Wildman–Crippen MR) is 98.9 cm³/mol. The van der Waals surface area contributed by atoms with Crippen molar-refractivity contribution in [2.24, 2.45) is 5.92 Å². The van der Waals surface area contributed by atoms with Crippen molar-refractivity contribution in [1.82, 2.24) is 5.32 Å². The van der Waals surface area contributed by atoms with Crippen LogP contribution in [0.25, 0.3) is 6.08 Å². The highest BCUT2D eigenvalue weighted by Crippen LogP contribution is 2.21. The zero-order chi connectivity index (χ0) is 18.2. The van der Waals surface area contributed by atoms with Gasteiger partial charge in [-0.25, -0.2) is 0 Å². The number of hydrogen-bond donors (Lipinski definition) is 1. The molecular weight excluding hydrogens is 316 g/mol. The van der Waals surface area contributed by atoms with Gasteiger partial charge >= 0.3 is 0 Å². The first-order valence-electron chi connectivity index (χ1n) is 8.23. The van der Waals surface area contributed by atoms with Crippen molar-refractivity contribution in [3.05, 3.63) is 81.9 Å². The second-order valence-corrected chi connectivity index (χ2v) is 6.28. The molecular formula is C20H22N2O3. The van der Waals surface area contributed by atoms with Crippen LogP contribution in [-0.2, 0) is 4.79 Å². The van der Waals surface area contributed by atoms with Gasteiger partial charge in [-0.05, 0) is 41.7 Å². The van der Waals surface area contributed by atoms with E-state index in [0.717, 1.165) is 17.5 Å². The fraction of sp³-hybridized carbons (Fsp3) is 0.250. The molecule has 0 saturated carbocycles. The van der Waals surface area contributed by atoms with Gasteiger partial charge in [0.1, 0.15) is 0 Å². The van der Waals surface area contributed by atoms with Gasteiger partial charge in [-0.3, -0.25) is 14.9 Å². The van der Waals surface area contributed by atoms with E-state index in [-0.39, 0.29) is 17.6 Å². The summed E-state index contributed by atoms with van der Waals surface area (Å²) in [5.41, 5.74) is 1.84. The molecule has 1 unspecified atom stereocenters. The van der Waals surface area contributed by atoms with Crippen molar-refractivity contribution in [2.45, 2.75) is 26.3 Å². The molecule has 0 aromatic heterocycles. The zero-order valence-electron chi connectivity index (χ0n) is 14.4. The minimum Gasteiger partial charge on any atom is -0.346 e. The molecule has 2 aromatic rings. The number of amides is 1. The van der Waals surface area contributed by atoms with Crippen LogP contribution < -0.4 is 5.32 Å². The second kappa shape index (κ2) is 8.78. The number of rotatable bonds is 7. The zero-order valence-corrected chi connectivity index (χ0v) is 14.4. The third-order valence-electron chi connectivity index (χ3n) is 3.76. The van der Waals surface area contributed by atoms with Gasteiger partial charge in [0.05, 0.1) is 11.0 Å². The highest BCUT2D eigenvalue weighted by Gasteiger charge is 2.14. The number of nitro benzene ring substituents is 1. The average molecular weight is 338 g/mol. The molecule has 0 aliphatic carbocycles. The van der Waals surface area contributed by atoms with E-state index in [9.17, 15) is 14.9 Å². The lowest BCUT2D eigenvalue weighted by Gasteiger charge is -2.20. The molecule has 130 valence electrons. The van der Waals surface area contributed by atoms with E-state index in [1.54, 1.807) is 18.2 Å². The summed E-state index contributed by atoms with van der Waals surface area (Å²) < 4.78 is 0. The van der Waals surface area contributed by atoms with E-state index >= 15 is 0 Å². The maximum Gasteiger partial charge on any atom is 0.269 e. The standard InChI is InChI=1S/C20H22N2O3/c1-15(2)14-19(17-6-4-3-5-7-17)21-20(23)13-10-16-8-11-18(12-9-16)22(24)25/h3-13,15,19H,14H2,1-2H3,(H,21,23)/b13-10+. The highest BCUT2D eigenvalue weighted by atomic mass is 16.6. The lowest BCUT2D eigenvalue weighted by molar-refractivity contribution is -0.384. The van der Waals surface area contributed by atoms with Crippen molar-refractivity contribution in [3.8, 4) is 0 Å². The van der Waals surface area contributed by atoms with Crippen LogP contribution in [0.3, 0.4) is 0 Å². The molecule has 1 atom stereocenters. The average Bonchev–Trinajstić information content (AvgIpc) is 2.60. The van der Waals surface area contributed by atoms with Gasteiger partial charge < -0.3 is 5.32 Å². The van der Waals surface area contributed by atoms with E-state index in [1.165, 1.54) is 18.2 Å². The number of benzene rings is 2. The molecule has 0 fully saturated rings. The minimum absolute atomic E-state index is 0.0303. The summed E-state index contributed by atoms with van der Waals surface area (Å²) in [7, 11) is 0. The fourth-order valence-electron chi connectivity index (χ4n) is 2.53. The third-order valence-corrected chi connectivity index (χ3v) is 3.76. The topological polar surface area (TPSA) is 72.2 Å². The Morgan fingerprint density at radius 1 is 1.12 bits per heavy atom. The summed E-state index contributed by atoms with van der Waals surface area (Å²) in [6, 6.07) is 15.9. The van der Waals surface area contributed by atoms with E-state index in [4.69, 9.17) is 0 Å². The molecule has 2 rings (SSSR count). The molecule has 5 nitrogen and oxygen atoms in total. The summed E-state index contributed by atoms with van der Waals surface area (Å²) in [6.07, 6.45) is 3.95. The van der Waals surface area contributed by atoms with Crippen LogP contribution in [0, 0.1) is 16.0 Å². The van der Waals surface area contributed by atoms with Crippen LogP contribution in [0.15, 0.2) is 60.7 Å². The summed E-state index contributed by atoms with van der Waals surface area (Å²) in [4.78, 5) is 22.4. The second-order valence-electron chi connectivity index (χ2n) is 6.28. The Morgan fingerprint density at radius 2 is 1.76 bits per heavy atom. The maximum absolute atomic E-state index is 12.3. The monoisotopic (exact) mass is 338 g/mol. The molecule has 0 heterocycles. The predicted octanol–water partition coefficient (Wildman–Crippen LogP) is 4.51. The molecule has 0 spiro atoms. The first kappa shape index (κ1) is 18.4. The van der Waals surface area contributed by atoms with E-state index in [2.05, 4.69) is 19.2 Å². The van der Waals surface area contributed by atoms with Crippen molar-refractivity contribution in [3.63, 3.8) is 0 Å². The van der Waals surface area contributed by atoms with Gasteiger partial charge in [0.15, 0.2) is 0 Å². The molecule has 1 N–H and O–H groups in total. The number of nitrogens with zero attached hydrogens (tertiary/aromatic N) is 1. The van der Waals surface area contributed by atoms with Crippen LogP contribution in [0.4, 0.5) is 5.69 Å². The summed E-state index contributed by atoms with van der Waals surface area (Å²) >= 11 is 0. The van der Waals surface area contributed by atoms with Crippen LogP contribution in [0.5, 0.6) is 0 Å². The molecule has 0 saturated heterocycles. The summed E-state index contributed by atoms with van der Waals surface area (Å²) in [5.74, 6) is 0.261. The normalized spacial score (nSPS) is 12.3. The molecule has 25 heavy (non-hydrogen) atoms. The Balaban J connectivity index is 2.04. The van der Waals surface area contributed by atoms with Gasteiger partial charge in [-0.1, -0.05) is 44.2 Å². The van der Waals surface area contributed by atoms with Gasteiger partial charge in [-0.15, -0.1) is 0 Å². The Bertz CT molecular complexity index is 737. The molecule has 1 amide bonds. The molecule has 0 aliphatic rings. The SMILES string of the molecule is CC(C)CC(NC(=O)/C=C/c1ccc([N+](=O)[O-])cc1)c1ccccc1. The molecule has 0 radical (unpaired) electrons. The number of hydrogen-bond acceptors (Lipinski definition) is 3. The molecule has 2 aromatic carbocycles.